The zero-order valence-corrected chi connectivity index (χ0v) is 23.5. The highest BCUT2D eigenvalue weighted by atomic mass is 32.2. The molecule has 194 valence electrons. The zero-order chi connectivity index (χ0) is 26.7. The molecule has 2 aromatic heterocycles. The number of hydrogen-bond acceptors (Lipinski definition) is 8. The second kappa shape index (κ2) is 11.1. The third kappa shape index (κ3) is 5.89. The molecule has 3 amide bonds. The van der Waals surface area contributed by atoms with Crippen molar-refractivity contribution in [3.8, 4) is 5.75 Å². The predicted molar refractivity (Wildman–Crippen MR) is 148 cm³/mol. The molecule has 1 aliphatic heterocycles. The van der Waals surface area contributed by atoms with Crippen LogP contribution in [-0.4, -0.2) is 64.8 Å². The highest BCUT2D eigenvalue weighted by Gasteiger charge is 2.39. The lowest BCUT2D eigenvalue weighted by atomic mass is 9.96. The number of thiophene rings is 1. The van der Waals surface area contributed by atoms with Crippen LogP contribution in [0, 0.1) is 6.92 Å². The molecule has 37 heavy (non-hydrogen) atoms. The van der Waals surface area contributed by atoms with E-state index in [2.05, 4.69) is 16.9 Å². The summed E-state index contributed by atoms with van der Waals surface area (Å²) in [6, 6.07) is 5.48. The summed E-state index contributed by atoms with van der Waals surface area (Å²) in [7, 11) is 1.55. The van der Waals surface area contributed by atoms with Crippen LogP contribution in [0.25, 0.3) is 0 Å². The maximum absolute atomic E-state index is 13.8. The first-order valence-electron chi connectivity index (χ1n) is 11.5. The van der Waals surface area contributed by atoms with Crippen molar-refractivity contribution in [2.75, 3.05) is 32.1 Å². The average molecular weight is 557 g/mol. The Kier molecular flexibility index (Phi) is 8.05. The first kappa shape index (κ1) is 26.9. The number of nitrogens with one attached hydrogen (secondary N) is 1. The van der Waals surface area contributed by atoms with Gasteiger partial charge in [0.15, 0.2) is 5.13 Å². The summed E-state index contributed by atoms with van der Waals surface area (Å²) in [4.78, 5) is 47.0. The minimum Gasteiger partial charge on any atom is -0.496 e. The fraction of sp³-hybridized carbons (Fsp3) is 0.308. The number of thiazole rings is 1. The van der Waals surface area contributed by atoms with Crippen molar-refractivity contribution < 1.29 is 19.1 Å². The van der Waals surface area contributed by atoms with Crippen molar-refractivity contribution in [2.45, 2.75) is 35.4 Å². The first-order chi connectivity index (χ1) is 17.6. The van der Waals surface area contributed by atoms with E-state index in [0.717, 1.165) is 14.7 Å². The Morgan fingerprint density at radius 1 is 1.27 bits per heavy atom. The van der Waals surface area contributed by atoms with Gasteiger partial charge in [0.1, 0.15) is 5.75 Å². The number of ether oxygens (including phenoxy) is 1. The number of amides is 3. The lowest BCUT2D eigenvalue weighted by molar-refractivity contribution is -0.130. The molecule has 0 aliphatic carbocycles. The highest BCUT2D eigenvalue weighted by Crippen LogP contribution is 2.39. The van der Waals surface area contributed by atoms with Crippen LogP contribution in [0.4, 0.5) is 5.13 Å². The summed E-state index contributed by atoms with van der Waals surface area (Å²) in [5.41, 5.74) is 1.45. The van der Waals surface area contributed by atoms with Crippen LogP contribution in [0.15, 0.2) is 56.9 Å². The molecule has 8 nitrogen and oxygen atoms in total. The summed E-state index contributed by atoms with van der Waals surface area (Å²) in [5, 5.41) is 6.98. The molecule has 0 bridgehead atoms. The number of aryl methyl sites for hydroxylation is 1. The molecule has 11 heteroatoms. The second-order valence-corrected chi connectivity index (χ2v) is 12.3. The largest absolute Gasteiger partial charge is 0.496 e. The maximum Gasteiger partial charge on any atom is 0.258 e. The second-order valence-electron chi connectivity index (χ2n) is 9.10. The lowest BCUT2D eigenvalue weighted by Gasteiger charge is -2.47. The van der Waals surface area contributed by atoms with Crippen LogP contribution < -0.4 is 10.1 Å². The van der Waals surface area contributed by atoms with Gasteiger partial charge in [-0.3, -0.25) is 19.7 Å². The smallest absolute Gasteiger partial charge is 0.258 e. The first-order valence-corrected chi connectivity index (χ1v) is 14.1. The number of methoxy groups -OCH3 is 1. The third-order valence-electron chi connectivity index (χ3n) is 6.06. The van der Waals surface area contributed by atoms with E-state index in [-0.39, 0.29) is 17.7 Å². The molecule has 3 heterocycles. The molecule has 1 saturated heterocycles. The Labute approximate surface area is 228 Å². The number of anilines is 1. The molecule has 1 aliphatic rings. The van der Waals surface area contributed by atoms with E-state index in [0.29, 0.717) is 41.6 Å². The van der Waals surface area contributed by atoms with Gasteiger partial charge in [-0.25, -0.2) is 4.98 Å². The average Bonchev–Trinajstić information content (AvgIpc) is 3.56. The van der Waals surface area contributed by atoms with Gasteiger partial charge in [-0.05, 0) is 56.0 Å². The number of benzene rings is 1. The van der Waals surface area contributed by atoms with E-state index in [1.165, 1.54) is 40.5 Å². The quantitative estimate of drug-likeness (QED) is 0.404. The number of piperazine rings is 1. The summed E-state index contributed by atoms with van der Waals surface area (Å²) in [6.45, 7) is 10.7. The summed E-state index contributed by atoms with van der Waals surface area (Å²) in [6.07, 6.45) is 3.02. The highest BCUT2D eigenvalue weighted by molar-refractivity contribution is 8.01. The van der Waals surface area contributed by atoms with Crippen LogP contribution in [0.5, 0.6) is 5.75 Å². The van der Waals surface area contributed by atoms with Crippen LogP contribution in [0.3, 0.4) is 0 Å². The maximum atomic E-state index is 13.8. The van der Waals surface area contributed by atoms with E-state index in [1.807, 2.05) is 38.3 Å². The van der Waals surface area contributed by atoms with Crippen LogP contribution >= 0.6 is 34.4 Å². The van der Waals surface area contributed by atoms with Crippen molar-refractivity contribution >= 4 is 57.3 Å². The van der Waals surface area contributed by atoms with Gasteiger partial charge >= 0.3 is 0 Å². The number of aromatic nitrogens is 1. The molecule has 3 aromatic rings. The number of hydrogen-bond donors (Lipinski definition) is 1. The molecule has 0 atom stereocenters. The van der Waals surface area contributed by atoms with Crippen molar-refractivity contribution in [2.24, 2.45) is 0 Å². The van der Waals surface area contributed by atoms with Crippen LogP contribution in [-0.2, 0) is 4.79 Å². The minimum absolute atomic E-state index is 0.137. The Morgan fingerprint density at radius 2 is 2.05 bits per heavy atom. The summed E-state index contributed by atoms with van der Waals surface area (Å²) < 4.78 is 6.46. The van der Waals surface area contributed by atoms with Crippen LogP contribution in [0.1, 0.15) is 40.1 Å². The molecular formula is C26H28N4O4S3. The van der Waals surface area contributed by atoms with Gasteiger partial charge in [0, 0.05) is 29.9 Å². The van der Waals surface area contributed by atoms with E-state index >= 15 is 0 Å². The van der Waals surface area contributed by atoms with Gasteiger partial charge in [0.05, 0.1) is 34.2 Å². The number of carbonyl (C=O) groups is 3. The van der Waals surface area contributed by atoms with Gasteiger partial charge in [0.2, 0.25) is 5.91 Å². The van der Waals surface area contributed by atoms with Crippen molar-refractivity contribution in [3.63, 3.8) is 0 Å². The number of nitrogens with zero attached hydrogens (tertiary/aromatic N) is 3. The van der Waals surface area contributed by atoms with E-state index in [1.54, 1.807) is 34.6 Å². The Bertz CT molecular complexity index is 1330. The van der Waals surface area contributed by atoms with Gasteiger partial charge in [-0.2, -0.15) is 11.3 Å². The molecule has 0 spiro atoms. The predicted octanol–water partition coefficient (Wildman–Crippen LogP) is 5.17. The molecule has 0 radical (unpaired) electrons. The van der Waals surface area contributed by atoms with E-state index in [9.17, 15) is 14.4 Å². The van der Waals surface area contributed by atoms with Gasteiger partial charge < -0.3 is 14.5 Å². The standard InChI is InChI=1S/C26H28N4O4S3/c1-6-21(31)29-8-9-30(26(3,4)15-29)24(33)18-12-20(16(2)11-19(18)34-5)36-22-13-27-25(37-22)28-23(32)17-7-10-35-14-17/h6-7,10-14H,1,8-9,15H2,2-5H3,(H,27,28,32). The molecular weight excluding hydrogens is 529 g/mol. The number of carbonyl (C=O) groups excluding carboxylic acids is 3. The summed E-state index contributed by atoms with van der Waals surface area (Å²) in [5.74, 6) is 0.0167. The fourth-order valence-electron chi connectivity index (χ4n) is 4.14. The van der Waals surface area contributed by atoms with Crippen molar-refractivity contribution in [1.82, 2.24) is 14.8 Å². The van der Waals surface area contributed by atoms with E-state index in [4.69, 9.17) is 4.74 Å². The Morgan fingerprint density at radius 3 is 2.70 bits per heavy atom. The minimum atomic E-state index is -0.565. The van der Waals surface area contributed by atoms with Gasteiger partial charge in [0.25, 0.3) is 11.8 Å². The molecule has 0 saturated carbocycles. The van der Waals surface area contributed by atoms with E-state index < -0.39 is 5.54 Å². The van der Waals surface area contributed by atoms with Crippen LogP contribution in [0.2, 0.25) is 0 Å². The zero-order valence-electron chi connectivity index (χ0n) is 21.1. The van der Waals surface area contributed by atoms with Crippen molar-refractivity contribution in [1.29, 1.82) is 0 Å². The molecule has 0 unspecified atom stereocenters. The Hall–Kier alpha value is -3.15. The molecule has 4 rings (SSSR count). The normalized spacial score (nSPS) is 14.8. The Balaban J connectivity index is 1.54. The topological polar surface area (TPSA) is 91.8 Å². The van der Waals surface area contributed by atoms with Gasteiger partial charge in [-0.1, -0.05) is 29.7 Å². The SMILES string of the molecule is C=CC(=O)N1CCN(C(=O)c2cc(Sc3cnc(NC(=O)c4ccsc4)s3)c(C)cc2OC)C(C)(C)C1. The number of rotatable bonds is 7. The monoisotopic (exact) mass is 556 g/mol. The fourth-order valence-corrected chi connectivity index (χ4v) is 6.71. The summed E-state index contributed by atoms with van der Waals surface area (Å²) >= 11 is 4.31. The molecule has 1 fully saturated rings. The molecule has 1 N–H and O–H groups in total. The molecule has 1 aromatic carbocycles. The van der Waals surface area contributed by atoms with Gasteiger partial charge in [-0.15, -0.1) is 0 Å². The van der Waals surface area contributed by atoms with Crippen molar-refractivity contribution in [3.05, 3.63) is 64.5 Å². The lowest BCUT2D eigenvalue weighted by Crippen LogP contribution is -2.61. The third-order valence-corrected chi connectivity index (χ3v) is 8.92.